The first-order chi connectivity index (χ1) is 7.67. The van der Waals surface area contributed by atoms with Crippen molar-refractivity contribution < 1.29 is 4.79 Å². The fourth-order valence-electron chi connectivity index (χ4n) is 1.30. The summed E-state index contributed by atoms with van der Waals surface area (Å²) in [6, 6.07) is 2.00. The molecule has 2 N–H and O–H groups in total. The van der Waals surface area contributed by atoms with Crippen molar-refractivity contribution in [2.45, 2.75) is 6.42 Å². The normalized spacial score (nSPS) is 9.69. The molecule has 0 fully saturated rings. The largest absolute Gasteiger partial charge is 0.387 e. The van der Waals surface area contributed by atoms with Gasteiger partial charge in [-0.05, 0) is 6.07 Å². The Balaban J connectivity index is 2.58. The second-order valence-corrected chi connectivity index (χ2v) is 3.53. The quantitative estimate of drug-likeness (QED) is 0.770. The SMILES string of the molecule is CNC(=O)CCN(C)c1cncc(NC)c1. The van der Waals surface area contributed by atoms with Gasteiger partial charge in [0.1, 0.15) is 0 Å². The number of nitrogens with zero attached hydrogens (tertiary/aromatic N) is 2. The van der Waals surface area contributed by atoms with Crippen molar-refractivity contribution in [2.24, 2.45) is 0 Å². The number of amides is 1. The molecule has 0 radical (unpaired) electrons. The van der Waals surface area contributed by atoms with E-state index < -0.39 is 0 Å². The topological polar surface area (TPSA) is 57.3 Å². The van der Waals surface area contributed by atoms with Crippen LogP contribution in [0, 0.1) is 0 Å². The minimum atomic E-state index is 0.0459. The zero-order chi connectivity index (χ0) is 12.0. The van der Waals surface area contributed by atoms with E-state index in [1.807, 2.05) is 25.1 Å². The number of hydrogen-bond donors (Lipinski definition) is 2. The van der Waals surface area contributed by atoms with E-state index in [2.05, 4.69) is 15.6 Å². The average Bonchev–Trinajstić information content (AvgIpc) is 2.35. The molecule has 16 heavy (non-hydrogen) atoms. The van der Waals surface area contributed by atoms with Gasteiger partial charge in [-0.1, -0.05) is 0 Å². The standard InChI is InChI=1S/C11H18N4O/c1-12-9-6-10(8-14-7-9)15(3)5-4-11(16)13-2/h6-8,12H,4-5H2,1-3H3,(H,13,16). The van der Waals surface area contributed by atoms with Crippen molar-refractivity contribution in [2.75, 3.05) is 37.9 Å². The molecule has 1 heterocycles. The summed E-state index contributed by atoms with van der Waals surface area (Å²) in [5.74, 6) is 0.0459. The van der Waals surface area contributed by atoms with Crippen molar-refractivity contribution in [3.05, 3.63) is 18.5 Å². The first-order valence-corrected chi connectivity index (χ1v) is 5.22. The summed E-state index contributed by atoms with van der Waals surface area (Å²) >= 11 is 0. The van der Waals surface area contributed by atoms with Crippen LogP contribution in [-0.2, 0) is 4.79 Å². The van der Waals surface area contributed by atoms with E-state index in [4.69, 9.17) is 0 Å². The van der Waals surface area contributed by atoms with Crippen LogP contribution in [0.1, 0.15) is 6.42 Å². The molecule has 0 atom stereocenters. The average molecular weight is 222 g/mol. The Labute approximate surface area is 95.9 Å². The van der Waals surface area contributed by atoms with Gasteiger partial charge in [0.05, 0.1) is 23.8 Å². The molecule has 5 heteroatoms. The maximum Gasteiger partial charge on any atom is 0.221 e. The summed E-state index contributed by atoms with van der Waals surface area (Å²) in [7, 11) is 5.44. The highest BCUT2D eigenvalue weighted by atomic mass is 16.1. The maximum atomic E-state index is 11.1. The van der Waals surface area contributed by atoms with Gasteiger partial charge in [0.2, 0.25) is 5.91 Å². The van der Waals surface area contributed by atoms with Crippen molar-refractivity contribution in [3.63, 3.8) is 0 Å². The van der Waals surface area contributed by atoms with Gasteiger partial charge in [-0.2, -0.15) is 0 Å². The lowest BCUT2D eigenvalue weighted by Crippen LogP contribution is -2.26. The molecule has 1 aromatic rings. The van der Waals surface area contributed by atoms with Gasteiger partial charge < -0.3 is 15.5 Å². The summed E-state index contributed by atoms with van der Waals surface area (Å²) < 4.78 is 0. The van der Waals surface area contributed by atoms with E-state index in [1.54, 1.807) is 19.4 Å². The van der Waals surface area contributed by atoms with Crippen LogP contribution in [0.4, 0.5) is 11.4 Å². The van der Waals surface area contributed by atoms with E-state index in [1.165, 1.54) is 0 Å². The minimum absolute atomic E-state index is 0.0459. The second kappa shape index (κ2) is 5.95. The minimum Gasteiger partial charge on any atom is -0.387 e. The molecule has 1 aromatic heterocycles. The van der Waals surface area contributed by atoms with Gasteiger partial charge in [0, 0.05) is 34.1 Å². The van der Waals surface area contributed by atoms with Crippen LogP contribution < -0.4 is 15.5 Å². The van der Waals surface area contributed by atoms with E-state index in [0.29, 0.717) is 13.0 Å². The van der Waals surface area contributed by atoms with Gasteiger partial charge in [0.15, 0.2) is 0 Å². The van der Waals surface area contributed by atoms with Crippen LogP contribution in [0.5, 0.6) is 0 Å². The Kier molecular flexibility index (Phi) is 4.57. The molecule has 1 rings (SSSR count). The highest BCUT2D eigenvalue weighted by molar-refractivity contribution is 5.76. The molecule has 0 aromatic carbocycles. The zero-order valence-electron chi connectivity index (χ0n) is 9.95. The molecule has 0 aliphatic heterocycles. The molecule has 0 aliphatic carbocycles. The molecular formula is C11H18N4O. The van der Waals surface area contributed by atoms with E-state index in [-0.39, 0.29) is 5.91 Å². The number of aromatic nitrogens is 1. The van der Waals surface area contributed by atoms with E-state index in [9.17, 15) is 4.79 Å². The van der Waals surface area contributed by atoms with Crippen LogP contribution in [0.2, 0.25) is 0 Å². The Hall–Kier alpha value is -1.78. The summed E-state index contributed by atoms with van der Waals surface area (Å²) in [6.07, 6.45) is 4.03. The summed E-state index contributed by atoms with van der Waals surface area (Å²) in [5.41, 5.74) is 1.96. The Morgan fingerprint density at radius 1 is 1.44 bits per heavy atom. The number of anilines is 2. The monoisotopic (exact) mass is 222 g/mol. The first-order valence-electron chi connectivity index (χ1n) is 5.22. The Morgan fingerprint density at radius 2 is 2.19 bits per heavy atom. The van der Waals surface area contributed by atoms with Crippen molar-refractivity contribution in [3.8, 4) is 0 Å². The van der Waals surface area contributed by atoms with E-state index >= 15 is 0 Å². The van der Waals surface area contributed by atoms with Gasteiger partial charge in [-0.15, -0.1) is 0 Å². The van der Waals surface area contributed by atoms with Crippen LogP contribution in [0.3, 0.4) is 0 Å². The molecule has 0 saturated carbocycles. The first kappa shape index (κ1) is 12.3. The Morgan fingerprint density at radius 3 is 2.81 bits per heavy atom. The van der Waals surface area contributed by atoms with Gasteiger partial charge in [0.25, 0.3) is 0 Å². The highest BCUT2D eigenvalue weighted by Gasteiger charge is 2.04. The van der Waals surface area contributed by atoms with Crippen LogP contribution in [0.15, 0.2) is 18.5 Å². The van der Waals surface area contributed by atoms with Crippen molar-refractivity contribution >= 4 is 17.3 Å². The number of rotatable bonds is 5. The van der Waals surface area contributed by atoms with Gasteiger partial charge >= 0.3 is 0 Å². The molecule has 1 amide bonds. The molecule has 0 bridgehead atoms. The second-order valence-electron chi connectivity index (χ2n) is 3.53. The lowest BCUT2D eigenvalue weighted by Gasteiger charge is -2.18. The molecule has 88 valence electrons. The number of pyridine rings is 1. The van der Waals surface area contributed by atoms with E-state index in [0.717, 1.165) is 11.4 Å². The zero-order valence-corrected chi connectivity index (χ0v) is 9.95. The lowest BCUT2D eigenvalue weighted by atomic mass is 10.3. The molecule has 0 spiro atoms. The van der Waals surface area contributed by atoms with Crippen LogP contribution in [0.25, 0.3) is 0 Å². The Bertz CT molecular complexity index is 354. The number of hydrogen-bond acceptors (Lipinski definition) is 4. The molecule has 0 saturated heterocycles. The maximum absolute atomic E-state index is 11.1. The van der Waals surface area contributed by atoms with Crippen LogP contribution >= 0.6 is 0 Å². The summed E-state index contributed by atoms with van der Waals surface area (Å²) in [4.78, 5) is 17.2. The summed E-state index contributed by atoms with van der Waals surface area (Å²) in [6.45, 7) is 0.675. The number of carbonyl (C=O) groups excluding carboxylic acids is 1. The predicted octanol–water partition coefficient (Wildman–Crippen LogP) is 0.696. The number of nitrogens with one attached hydrogen (secondary N) is 2. The fraction of sp³-hybridized carbons (Fsp3) is 0.455. The predicted molar refractivity (Wildman–Crippen MR) is 65.7 cm³/mol. The lowest BCUT2D eigenvalue weighted by molar-refractivity contribution is -0.120. The third kappa shape index (κ3) is 3.42. The van der Waals surface area contributed by atoms with Gasteiger partial charge in [-0.25, -0.2) is 0 Å². The molecule has 5 nitrogen and oxygen atoms in total. The van der Waals surface area contributed by atoms with Crippen molar-refractivity contribution in [1.82, 2.24) is 10.3 Å². The third-order valence-corrected chi connectivity index (χ3v) is 2.41. The number of carbonyl (C=O) groups is 1. The fourth-order valence-corrected chi connectivity index (χ4v) is 1.30. The van der Waals surface area contributed by atoms with Crippen LogP contribution in [-0.4, -0.2) is 38.6 Å². The smallest absolute Gasteiger partial charge is 0.221 e. The van der Waals surface area contributed by atoms with Gasteiger partial charge in [-0.3, -0.25) is 9.78 Å². The highest BCUT2D eigenvalue weighted by Crippen LogP contribution is 2.15. The van der Waals surface area contributed by atoms with Crippen molar-refractivity contribution in [1.29, 1.82) is 0 Å². The summed E-state index contributed by atoms with van der Waals surface area (Å²) in [5, 5.41) is 5.63. The molecule has 0 aliphatic rings. The molecule has 0 unspecified atom stereocenters. The molecular weight excluding hydrogens is 204 g/mol. The third-order valence-electron chi connectivity index (χ3n) is 2.41.